The van der Waals surface area contributed by atoms with Gasteiger partial charge in [-0.15, -0.1) is 0 Å². The van der Waals surface area contributed by atoms with E-state index in [1.54, 1.807) is 0 Å². The molecule has 2 atom stereocenters. The van der Waals surface area contributed by atoms with E-state index in [1.165, 1.54) is 85.6 Å². The van der Waals surface area contributed by atoms with Crippen molar-refractivity contribution in [3.63, 3.8) is 0 Å². The molecule has 1 aliphatic carbocycles. The summed E-state index contributed by atoms with van der Waals surface area (Å²) in [5.41, 5.74) is 22.5. The SMILES string of the molecule is CC1(c2ccccc2)c2cccc3c2B2c4c(cc(N5c6ccccc6C6(C)CCCCC56C)cc4N(c4ccccc4-c4ccccn4)c4cccc1c42)N3c1ccccc1-c1ccccn1. The van der Waals surface area contributed by atoms with Crippen LogP contribution in [-0.4, -0.2) is 22.2 Å². The highest BCUT2D eigenvalue weighted by Gasteiger charge is 2.59. The molecule has 5 aliphatic rings. The number of fused-ring (bicyclic) bond motifs is 3. The van der Waals surface area contributed by atoms with Crippen LogP contribution < -0.4 is 31.1 Å². The maximum Gasteiger partial charge on any atom is 0.252 e. The van der Waals surface area contributed by atoms with Gasteiger partial charge in [0.15, 0.2) is 0 Å². The molecule has 6 heterocycles. The van der Waals surface area contributed by atoms with Crippen LogP contribution in [0, 0.1) is 0 Å². The Balaban J connectivity index is 1.15. The predicted molar refractivity (Wildman–Crippen MR) is 282 cm³/mol. The third-order valence-electron chi connectivity index (χ3n) is 17.0. The molecule has 1 fully saturated rings. The number of para-hydroxylation sites is 3. The predicted octanol–water partition coefficient (Wildman–Crippen LogP) is 13.3. The molecule has 68 heavy (non-hydrogen) atoms. The summed E-state index contributed by atoms with van der Waals surface area (Å²) in [6.07, 6.45) is 8.55. The topological polar surface area (TPSA) is 35.5 Å². The summed E-state index contributed by atoms with van der Waals surface area (Å²) in [5.74, 6) is 0. The van der Waals surface area contributed by atoms with Gasteiger partial charge in [0.25, 0.3) is 6.71 Å². The average molecular weight is 876 g/mol. The van der Waals surface area contributed by atoms with Crippen molar-refractivity contribution < 1.29 is 0 Å². The van der Waals surface area contributed by atoms with Crippen molar-refractivity contribution in [2.45, 2.75) is 62.8 Å². The van der Waals surface area contributed by atoms with E-state index in [2.05, 4.69) is 211 Å². The van der Waals surface area contributed by atoms with Gasteiger partial charge in [0.05, 0.1) is 28.3 Å². The van der Waals surface area contributed by atoms with Crippen LogP contribution in [0.4, 0.5) is 45.5 Å². The standard InChI is InChI=1S/C62H50BN5/c1-60-35-15-16-36-61(60,2)68(52-32-12-9-25-45(52)60)42-39-55-59-56(40-42)67(51-31-11-8-24-44(51)49-29-14-18-38-65-49)54-34-20-27-47-58(54)63(59)57-46(62(47,3)41-21-5-4-6-22-41)26-19-33-53(57)66(55)50-30-10-7-23-43(50)48-28-13-17-37-64-48/h4-14,17-34,37-40H,15-16,35-36H2,1-3H3. The first kappa shape index (κ1) is 39.5. The summed E-state index contributed by atoms with van der Waals surface area (Å²) in [7, 11) is 0. The van der Waals surface area contributed by atoms with E-state index in [0.29, 0.717) is 0 Å². The molecule has 9 aromatic rings. The molecular formula is C62H50BN5. The van der Waals surface area contributed by atoms with Gasteiger partial charge in [-0.1, -0.05) is 141 Å². The number of rotatable bonds is 6. The molecule has 0 saturated heterocycles. The lowest BCUT2D eigenvalue weighted by Crippen LogP contribution is -2.67. The third-order valence-corrected chi connectivity index (χ3v) is 17.0. The van der Waals surface area contributed by atoms with E-state index in [4.69, 9.17) is 9.97 Å². The van der Waals surface area contributed by atoms with E-state index in [1.807, 2.05) is 24.5 Å². The molecular weight excluding hydrogens is 826 g/mol. The van der Waals surface area contributed by atoms with E-state index < -0.39 is 5.41 Å². The second kappa shape index (κ2) is 14.4. The largest absolute Gasteiger partial charge is 0.334 e. The zero-order valence-corrected chi connectivity index (χ0v) is 38.7. The molecule has 0 spiro atoms. The van der Waals surface area contributed by atoms with E-state index in [9.17, 15) is 0 Å². The van der Waals surface area contributed by atoms with Gasteiger partial charge in [-0.25, -0.2) is 0 Å². The van der Waals surface area contributed by atoms with Gasteiger partial charge in [-0.05, 0) is 132 Å². The van der Waals surface area contributed by atoms with Crippen LogP contribution >= 0.6 is 0 Å². The van der Waals surface area contributed by atoms with Crippen LogP contribution in [0.15, 0.2) is 200 Å². The second-order valence-electron chi connectivity index (χ2n) is 20.1. The zero-order chi connectivity index (χ0) is 45.4. The summed E-state index contributed by atoms with van der Waals surface area (Å²) in [5, 5.41) is 0. The number of pyridine rings is 2. The highest BCUT2D eigenvalue weighted by Crippen LogP contribution is 2.62. The van der Waals surface area contributed by atoms with Gasteiger partial charge < -0.3 is 14.7 Å². The van der Waals surface area contributed by atoms with Crippen molar-refractivity contribution in [2.75, 3.05) is 14.7 Å². The van der Waals surface area contributed by atoms with Crippen LogP contribution in [0.5, 0.6) is 0 Å². The number of nitrogens with zero attached hydrogens (tertiary/aromatic N) is 5. The Morgan fingerprint density at radius 2 is 0.912 bits per heavy atom. The van der Waals surface area contributed by atoms with E-state index in [0.717, 1.165) is 46.7 Å². The lowest BCUT2D eigenvalue weighted by molar-refractivity contribution is 0.195. The van der Waals surface area contributed by atoms with Crippen molar-refractivity contribution in [3.05, 3.63) is 223 Å². The monoisotopic (exact) mass is 875 g/mol. The Bertz CT molecular complexity index is 3340. The minimum Gasteiger partial charge on any atom is -0.334 e. The zero-order valence-electron chi connectivity index (χ0n) is 38.7. The molecule has 4 aliphatic heterocycles. The first-order chi connectivity index (χ1) is 33.4. The second-order valence-corrected chi connectivity index (χ2v) is 20.1. The van der Waals surface area contributed by atoms with Gasteiger partial charge >= 0.3 is 0 Å². The molecule has 1 saturated carbocycles. The molecule has 7 aromatic carbocycles. The van der Waals surface area contributed by atoms with Gasteiger partial charge in [-0.2, -0.15) is 0 Å². The highest BCUT2D eigenvalue weighted by atomic mass is 15.3. The fraction of sp³-hybridized carbons (Fsp3) is 0.161. The number of aromatic nitrogens is 2. The minimum atomic E-state index is -0.457. The number of benzene rings is 7. The number of anilines is 8. The molecule has 0 radical (unpaired) electrons. The summed E-state index contributed by atoms with van der Waals surface area (Å²) >= 11 is 0. The Labute approximate surface area is 399 Å². The summed E-state index contributed by atoms with van der Waals surface area (Å²) in [6, 6.07) is 70.1. The minimum absolute atomic E-state index is 0.0141. The number of hydrogen-bond acceptors (Lipinski definition) is 5. The van der Waals surface area contributed by atoms with Gasteiger partial charge in [-0.3, -0.25) is 9.97 Å². The van der Waals surface area contributed by atoms with Gasteiger partial charge in [0.1, 0.15) is 0 Å². The third kappa shape index (κ3) is 5.12. The van der Waals surface area contributed by atoms with Gasteiger partial charge in [0, 0.05) is 68.5 Å². The lowest BCUT2D eigenvalue weighted by atomic mass is 9.28. The summed E-state index contributed by atoms with van der Waals surface area (Å²) in [6.45, 7) is 7.53. The van der Waals surface area contributed by atoms with Gasteiger partial charge in [0.2, 0.25) is 0 Å². The van der Waals surface area contributed by atoms with Crippen LogP contribution in [0.3, 0.4) is 0 Å². The summed E-state index contributed by atoms with van der Waals surface area (Å²) < 4.78 is 0. The van der Waals surface area contributed by atoms with Crippen molar-refractivity contribution in [1.29, 1.82) is 0 Å². The Hall–Kier alpha value is -7.70. The molecule has 2 aromatic heterocycles. The highest BCUT2D eigenvalue weighted by molar-refractivity contribution is 7.01. The molecule has 6 heteroatoms. The van der Waals surface area contributed by atoms with Crippen molar-refractivity contribution in [2.24, 2.45) is 0 Å². The van der Waals surface area contributed by atoms with Crippen LogP contribution in [0.25, 0.3) is 22.5 Å². The lowest BCUT2D eigenvalue weighted by Gasteiger charge is -2.53. The Morgan fingerprint density at radius 1 is 0.426 bits per heavy atom. The maximum atomic E-state index is 5.00. The molecule has 14 rings (SSSR count). The van der Waals surface area contributed by atoms with Crippen LogP contribution in [0.1, 0.15) is 68.7 Å². The first-order valence-corrected chi connectivity index (χ1v) is 24.4. The van der Waals surface area contributed by atoms with Crippen LogP contribution in [0.2, 0.25) is 0 Å². The Morgan fingerprint density at radius 3 is 1.49 bits per heavy atom. The molecule has 2 unspecified atom stereocenters. The van der Waals surface area contributed by atoms with E-state index >= 15 is 0 Å². The van der Waals surface area contributed by atoms with Crippen molar-refractivity contribution >= 4 is 68.6 Å². The molecule has 5 nitrogen and oxygen atoms in total. The fourth-order valence-electron chi connectivity index (χ4n) is 13.7. The normalized spacial score (nSPS) is 19.9. The van der Waals surface area contributed by atoms with Crippen LogP contribution in [-0.2, 0) is 10.8 Å². The van der Waals surface area contributed by atoms with Crippen molar-refractivity contribution in [3.8, 4) is 22.5 Å². The molecule has 0 N–H and O–H groups in total. The molecule has 0 amide bonds. The van der Waals surface area contributed by atoms with Crippen molar-refractivity contribution in [1.82, 2.24) is 9.97 Å². The molecule has 326 valence electrons. The quantitative estimate of drug-likeness (QED) is 0.156. The maximum absolute atomic E-state index is 5.00. The Kier molecular flexibility index (Phi) is 8.36. The smallest absolute Gasteiger partial charge is 0.252 e. The first-order valence-electron chi connectivity index (χ1n) is 24.4. The molecule has 0 bridgehead atoms. The summed E-state index contributed by atoms with van der Waals surface area (Å²) in [4.78, 5) is 18.0. The average Bonchev–Trinajstić information content (AvgIpc) is 3.61. The van der Waals surface area contributed by atoms with E-state index in [-0.39, 0.29) is 17.7 Å². The fourth-order valence-corrected chi connectivity index (χ4v) is 13.7. The number of hydrogen-bond donors (Lipinski definition) is 0.